The van der Waals surface area contributed by atoms with Gasteiger partial charge in [-0.25, -0.2) is 0 Å². The third kappa shape index (κ3) is 11.7. The third-order valence-corrected chi connectivity index (χ3v) is 2.69. The van der Waals surface area contributed by atoms with E-state index >= 15 is 0 Å². The number of halogens is 1. The Morgan fingerprint density at radius 3 is 2.12 bits per heavy atom. The van der Waals surface area contributed by atoms with Crippen LogP contribution in [0.3, 0.4) is 0 Å². The topological polar surface area (TPSA) is 52.6 Å². The van der Waals surface area contributed by atoms with E-state index in [0.29, 0.717) is 13.2 Å². The van der Waals surface area contributed by atoms with Crippen molar-refractivity contribution in [3.05, 3.63) is 0 Å². The number of carbonyl (C=O) groups excluding carboxylic acids is 2. The number of alkyl halides is 1. The summed E-state index contributed by atoms with van der Waals surface area (Å²) >= 11 is 3.36. The molecule has 17 heavy (non-hydrogen) atoms. The fourth-order valence-electron chi connectivity index (χ4n) is 1.25. The second-order valence-electron chi connectivity index (χ2n) is 3.63. The molecule has 0 aliphatic rings. The largest absolute Gasteiger partial charge is 0.466 e. The summed E-state index contributed by atoms with van der Waals surface area (Å²) in [4.78, 5) is 22.2. The molecule has 0 saturated heterocycles. The van der Waals surface area contributed by atoms with Crippen LogP contribution in [0.1, 0.15) is 45.4 Å². The highest BCUT2D eigenvalue weighted by atomic mass is 79.9. The number of rotatable bonds is 10. The molecule has 0 atom stereocenters. The summed E-state index contributed by atoms with van der Waals surface area (Å²) in [7, 11) is 0. The molecule has 0 radical (unpaired) electrons. The van der Waals surface area contributed by atoms with Crippen molar-refractivity contribution in [2.45, 2.75) is 45.4 Å². The molecule has 5 heteroatoms. The highest BCUT2D eigenvalue weighted by Gasteiger charge is 2.08. The molecule has 0 aromatic carbocycles. The molecule has 0 spiro atoms. The summed E-state index contributed by atoms with van der Waals surface area (Å²) in [5.74, 6) is -0.666. The lowest BCUT2D eigenvalue weighted by atomic mass is 10.2. The molecule has 0 fully saturated rings. The Hall–Kier alpha value is -0.580. The molecule has 0 aromatic heterocycles. The number of carbonyl (C=O) groups is 2. The van der Waals surface area contributed by atoms with Crippen LogP contribution in [-0.2, 0) is 19.1 Å². The average Bonchev–Trinajstić information content (AvgIpc) is 2.31. The molecule has 0 aliphatic carbocycles. The molecular weight excluding hydrogens is 288 g/mol. The van der Waals surface area contributed by atoms with Gasteiger partial charge in [0.15, 0.2) is 0 Å². The van der Waals surface area contributed by atoms with E-state index in [9.17, 15) is 9.59 Å². The Labute approximate surface area is 111 Å². The summed E-state index contributed by atoms with van der Waals surface area (Å²) in [6.07, 6.45) is 4.47. The van der Waals surface area contributed by atoms with Crippen molar-refractivity contribution in [1.29, 1.82) is 0 Å². The molecule has 0 bridgehead atoms. The van der Waals surface area contributed by atoms with Crippen molar-refractivity contribution >= 4 is 27.9 Å². The molecule has 4 nitrogen and oxygen atoms in total. The number of hydrogen-bond acceptors (Lipinski definition) is 4. The lowest BCUT2D eigenvalue weighted by molar-refractivity contribution is -0.150. The van der Waals surface area contributed by atoms with E-state index in [-0.39, 0.29) is 24.8 Å². The fourth-order valence-corrected chi connectivity index (χ4v) is 1.64. The van der Waals surface area contributed by atoms with E-state index in [1.54, 1.807) is 6.92 Å². The van der Waals surface area contributed by atoms with Crippen LogP contribution >= 0.6 is 15.9 Å². The van der Waals surface area contributed by atoms with Crippen LogP contribution in [0.4, 0.5) is 0 Å². The van der Waals surface area contributed by atoms with Crippen molar-refractivity contribution in [2.75, 3.05) is 18.5 Å². The molecule has 0 N–H and O–H groups in total. The highest BCUT2D eigenvalue weighted by molar-refractivity contribution is 9.09. The number of hydrogen-bond donors (Lipinski definition) is 0. The number of esters is 2. The van der Waals surface area contributed by atoms with Crippen molar-refractivity contribution in [3.63, 3.8) is 0 Å². The molecule has 100 valence electrons. The normalized spacial score (nSPS) is 10.0. The Kier molecular flexibility index (Phi) is 11.5. The first kappa shape index (κ1) is 16.4. The molecule has 0 unspecified atom stereocenters. The minimum absolute atomic E-state index is 0.107. The van der Waals surface area contributed by atoms with Crippen LogP contribution in [-0.4, -0.2) is 30.5 Å². The van der Waals surface area contributed by atoms with Crippen molar-refractivity contribution in [2.24, 2.45) is 0 Å². The second-order valence-corrected chi connectivity index (χ2v) is 4.42. The summed E-state index contributed by atoms with van der Waals surface area (Å²) in [6, 6.07) is 0. The highest BCUT2D eigenvalue weighted by Crippen LogP contribution is 2.03. The summed E-state index contributed by atoms with van der Waals surface area (Å²) < 4.78 is 9.70. The molecule has 0 aliphatic heterocycles. The predicted octanol–water partition coefficient (Wildman–Crippen LogP) is 2.83. The Bertz CT molecular complexity index is 219. The first-order valence-electron chi connectivity index (χ1n) is 6.08. The molecule has 0 aromatic rings. The Morgan fingerprint density at radius 2 is 1.53 bits per heavy atom. The van der Waals surface area contributed by atoms with Crippen molar-refractivity contribution in [1.82, 2.24) is 0 Å². The maximum Gasteiger partial charge on any atom is 0.306 e. The smallest absolute Gasteiger partial charge is 0.306 e. The van der Waals surface area contributed by atoms with E-state index in [2.05, 4.69) is 15.9 Å². The average molecular weight is 309 g/mol. The zero-order valence-electron chi connectivity index (χ0n) is 10.4. The minimum Gasteiger partial charge on any atom is -0.466 e. The van der Waals surface area contributed by atoms with Crippen molar-refractivity contribution in [3.8, 4) is 0 Å². The maximum absolute atomic E-state index is 11.2. The number of unbranched alkanes of at least 4 members (excludes halogenated alkanes) is 3. The predicted molar refractivity (Wildman–Crippen MR) is 69.1 cm³/mol. The summed E-state index contributed by atoms with van der Waals surface area (Å²) in [5.41, 5.74) is 0. The molecule has 0 amide bonds. The van der Waals surface area contributed by atoms with Gasteiger partial charge < -0.3 is 9.47 Å². The lowest BCUT2D eigenvalue weighted by Gasteiger charge is -2.04. The summed E-state index contributed by atoms with van der Waals surface area (Å²) in [6.45, 7) is 2.54. The monoisotopic (exact) mass is 308 g/mol. The van der Waals surface area contributed by atoms with E-state index < -0.39 is 0 Å². The van der Waals surface area contributed by atoms with Gasteiger partial charge in [-0.1, -0.05) is 28.8 Å². The molecular formula is C12H21BrO4. The van der Waals surface area contributed by atoms with E-state index in [4.69, 9.17) is 9.47 Å². The van der Waals surface area contributed by atoms with Crippen LogP contribution in [0.2, 0.25) is 0 Å². The van der Waals surface area contributed by atoms with Gasteiger partial charge in [0.2, 0.25) is 0 Å². The van der Waals surface area contributed by atoms with Gasteiger partial charge in [0.25, 0.3) is 0 Å². The van der Waals surface area contributed by atoms with Gasteiger partial charge >= 0.3 is 11.9 Å². The van der Waals surface area contributed by atoms with Crippen LogP contribution in [0.5, 0.6) is 0 Å². The van der Waals surface area contributed by atoms with Gasteiger partial charge in [0.05, 0.1) is 26.1 Å². The van der Waals surface area contributed by atoms with E-state index in [1.807, 2.05) is 0 Å². The zero-order chi connectivity index (χ0) is 12.9. The minimum atomic E-state index is -0.346. The second kappa shape index (κ2) is 11.9. The first-order chi connectivity index (χ1) is 8.20. The first-order valence-corrected chi connectivity index (χ1v) is 7.20. The SMILES string of the molecule is CCOC(=O)CCC(=O)OCCCCCCBr. The number of ether oxygens (including phenoxy) is 2. The van der Waals surface area contributed by atoms with E-state index in [0.717, 1.165) is 31.0 Å². The Balaban J connectivity index is 3.31. The van der Waals surface area contributed by atoms with Crippen LogP contribution in [0, 0.1) is 0 Å². The third-order valence-electron chi connectivity index (χ3n) is 2.13. The van der Waals surface area contributed by atoms with Gasteiger partial charge in [-0.05, 0) is 19.8 Å². The van der Waals surface area contributed by atoms with Gasteiger partial charge in [0.1, 0.15) is 0 Å². The summed E-state index contributed by atoms with van der Waals surface area (Å²) in [5, 5.41) is 1.02. The van der Waals surface area contributed by atoms with Gasteiger partial charge in [-0.2, -0.15) is 0 Å². The maximum atomic E-state index is 11.2. The molecule has 0 heterocycles. The quantitative estimate of drug-likeness (QED) is 0.354. The van der Waals surface area contributed by atoms with Crippen molar-refractivity contribution < 1.29 is 19.1 Å². The Morgan fingerprint density at radius 1 is 0.941 bits per heavy atom. The fraction of sp³-hybridized carbons (Fsp3) is 0.833. The van der Waals surface area contributed by atoms with E-state index in [1.165, 1.54) is 0 Å². The molecule has 0 saturated carbocycles. The van der Waals surface area contributed by atoms with Gasteiger partial charge in [-0.15, -0.1) is 0 Å². The van der Waals surface area contributed by atoms with Crippen LogP contribution in [0.25, 0.3) is 0 Å². The lowest BCUT2D eigenvalue weighted by Crippen LogP contribution is -2.10. The van der Waals surface area contributed by atoms with Crippen LogP contribution < -0.4 is 0 Å². The molecule has 0 rings (SSSR count). The van der Waals surface area contributed by atoms with Gasteiger partial charge in [-0.3, -0.25) is 9.59 Å². The zero-order valence-corrected chi connectivity index (χ0v) is 12.0. The van der Waals surface area contributed by atoms with Gasteiger partial charge in [0, 0.05) is 5.33 Å². The standard InChI is InChI=1S/C12H21BrO4/c1-2-16-11(14)7-8-12(15)17-10-6-4-3-5-9-13/h2-10H2,1H3. The van der Waals surface area contributed by atoms with Crippen LogP contribution in [0.15, 0.2) is 0 Å².